The first-order valence-corrected chi connectivity index (χ1v) is 2.92. The molecule has 0 amide bonds. The summed E-state index contributed by atoms with van der Waals surface area (Å²) in [6.45, 7) is 2.00. The third-order valence-corrected chi connectivity index (χ3v) is 0.827. The molecule has 1 aliphatic heterocycles. The average molecular weight is 136 g/mol. The van der Waals surface area contributed by atoms with Gasteiger partial charge >= 0.3 is 23.7 Å². The Morgan fingerprint density at radius 1 is 1.14 bits per heavy atom. The molecule has 1 rings (SSSR count). The van der Waals surface area contributed by atoms with Crippen LogP contribution in [-0.4, -0.2) is 13.2 Å². The molecule has 1 fully saturated rings. The van der Waals surface area contributed by atoms with Gasteiger partial charge in [0.2, 0.25) is 0 Å². The van der Waals surface area contributed by atoms with Gasteiger partial charge in [-0.05, 0) is 12.8 Å². The Morgan fingerprint density at radius 3 is 1.71 bits per heavy atom. The van der Waals surface area contributed by atoms with E-state index in [9.17, 15) is 0 Å². The summed E-state index contributed by atoms with van der Waals surface area (Å²) in [5.41, 5.74) is 0. The first kappa shape index (κ1) is 7.47. The van der Waals surface area contributed by atoms with Gasteiger partial charge in [0.05, 0.1) is 0 Å². The van der Waals surface area contributed by atoms with Crippen LogP contribution in [0.5, 0.6) is 0 Å². The molecule has 40 valence electrons. The first-order valence-electron chi connectivity index (χ1n) is 2.28. The van der Waals surface area contributed by atoms with Crippen molar-refractivity contribution in [3.63, 3.8) is 0 Å². The minimum absolute atomic E-state index is 0.750. The zero-order valence-electron chi connectivity index (χ0n) is 4.14. The van der Waals surface area contributed by atoms with Crippen LogP contribution in [0.4, 0.5) is 0 Å². The van der Waals surface area contributed by atoms with Crippen LogP contribution in [0.1, 0.15) is 12.8 Å². The van der Waals surface area contributed by atoms with Crippen molar-refractivity contribution in [2.75, 3.05) is 13.2 Å². The molecule has 1 heterocycles. The fourth-order valence-corrected chi connectivity index (χ4v) is 0.510. The Morgan fingerprint density at radius 2 is 1.57 bits per heavy atom. The van der Waals surface area contributed by atoms with E-state index in [0.29, 0.717) is 0 Å². The molecule has 0 spiro atoms. The summed E-state index contributed by atoms with van der Waals surface area (Å²) in [6, 6.07) is 0. The molecule has 0 N–H and O–H groups in total. The summed E-state index contributed by atoms with van der Waals surface area (Å²) in [5, 5.41) is 0. The molecule has 0 atom stereocenters. The van der Waals surface area contributed by atoms with E-state index in [0.717, 1.165) is 33.6 Å². The molecule has 0 aliphatic carbocycles. The zero-order chi connectivity index (χ0) is 5.54. The van der Waals surface area contributed by atoms with Gasteiger partial charge in [0.15, 0.2) is 0 Å². The van der Waals surface area contributed by atoms with Crippen molar-refractivity contribution in [2.24, 2.45) is 0 Å². The molecule has 7 heavy (non-hydrogen) atoms. The van der Waals surface area contributed by atoms with Gasteiger partial charge in [-0.1, -0.05) is 0 Å². The maximum absolute atomic E-state index is 8.25. The Bertz CT molecular complexity index is 29.1. The standard InChI is InChI=1S/C4H8O.O.Ti/c1-2-4-5-3-1;;/h1-4H2;;. The summed E-state index contributed by atoms with van der Waals surface area (Å²) >= 11 is 0.750. The van der Waals surface area contributed by atoms with Gasteiger partial charge in [0.1, 0.15) is 0 Å². The van der Waals surface area contributed by atoms with Gasteiger partial charge in [0.25, 0.3) is 0 Å². The Balaban J connectivity index is 0.000000162. The quantitative estimate of drug-likeness (QED) is 0.457. The van der Waals surface area contributed by atoms with Gasteiger partial charge in [-0.15, -0.1) is 0 Å². The fourth-order valence-electron chi connectivity index (χ4n) is 0.510. The predicted molar refractivity (Wildman–Crippen MR) is 20.7 cm³/mol. The average Bonchev–Trinajstić information content (AvgIpc) is 2.23. The SMILES string of the molecule is C1CCOC1.[O]=[Ti]. The van der Waals surface area contributed by atoms with Crippen LogP contribution in [0, 0.1) is 0 Å². The molecule has 0 aromatic rings. The molecule has 1 aliphatic rings. The van der Waals surface area contributed by atoms with E-state index < -0.39 is 0 Å². The monoisotopic (exact) mass is 136 g/mol. The molecule has 2 nitrogen and oxygen atoms in total. The van der Waals surface area contributed by atoms with Gasteiger partial charge in [0, 0.05) is 13.2 Å². The Hall–Kier alpha value is 0.474. The van der Waals surface area contributed by atoms with Crippen molar-refractivity contribution in [2.45, 2.75) is 12.8 Å². The molecular weight excluding hydrogens is 128 g/mol. The Kier molecular flexibility index (Phi) is 6.91. The van der Waals surface area contributed by atoms with Crippen LogP contribution in [0.2, 0.25) is 0 Å². The van der Waals surface area contributed by atoms with Crippen molar-refractivity contribution >= 4 is 0 Å². The molecular formula is C4H8O2Ti. The van der Waals surface area contributed by atoms with Gasteiger partial charge in [-0.3, -0.25) is 0 Å². The molecule has 0 aromatic carbocycles. The normalized spacial score (nSPS) is 17.6. The van der Waals surface area contributed by atoms with Crippen LogP contribution in [0.25, 0.3) is 0 Å². The summed E-state index contributed by atoms with van der Waals surface area (Å²) in [5.74, 6) is 0. The van der Waals surface area contributed by atoms with E-state index in [1.165, 1.54) is 12.8 Å². The van der Waals surface area contributed by atoms with Crippen molar-refractivity contribution in [3.8, 4) is 0 Å². The van der Waals surface area contributed by atoms with E-state index >= 15 is 0 Å². The van der Waals surface area contributed by atoms with Gasteiger partial charge in [-0.2, -0.15) is 0 Å². The molecule has 1 saturated heterocycles. The van der Waals surface area contributed by atoms with E-state index in [1.807, 2.05) is 0 Å². The fraction of sp³-hybridized carbons (Fsp3) is 1.00. The molecule has 0 saturated carbocycles. The summed E-state index contributed by atoms with van der Waals surface area (Å²) in [6.07, 6.45) is 2.56. The number of rotatable bonds is 0. The van der Waals surface area contributed by atoms with Crippen LogP contribution in [0.15, 0.2) is 0 Å². The van der Waals surface area contributed by atoms with Crippen LogP contribution in [-0.2, 0) is 28.5 Å². The number of ether oxygens (including phenoxy) is 1. The van der Waals surface area contributed by atoms with Crippen molar-refractivity contribution in [1.29, 1.82) is 0 Å². The molecule has 0 unspecified atom stereocenters. The van der Waals surface area contributed by atoms with E-state index in [4.69, 9.17) is 8.06 Å². The predicted octanol–water partition coefficient (Wildman–Crippen LogP) is 0.675. The molecule has 0 radical (unpaired) electrons. The first-order chi connectivity index (χ1) is 3.50. The Labute approximate surface area is 55.0 Å². The maximum atomic E-state index is 8.25. The van der Waals surface area contributed by atoms with Crippen molar-refractivity contribution in [1.82, 2.24) is 0 Å². The molecule has 0 bridgehead atoms. The van der Waals surface area contributed by atoms with Crippen molar-refractivity contribution < 1.29 is 28.5 Å². The summed E-state index contributed by atoms with van der Waals surface area (Å²) in [7, 11) is 0. The summed E-state index contributed by atoms with van der Waals surface area (Å²) < 4.78 is 13.2. The number of hydrogen-bond donors (Lipinski definition) is 0. The second-order valence-electron chi connectivity index (χ2n) is 1.32. The van der Waals surface area contributed by atoms with Gasteiger partial charge < -0.3 is 4.74 Å². The third kappa shape index (κ3) is 4.32. The second kappa shape index (κ2) is 6.47. The van der Waals surface area contributed by atoms with Gasteiger partial charge in [-0.25, -0.2) is 0 Å². The molecule has 0 aromatic heterocycles. The zero-order valence-corrected chi connectivity index (χ0v) is 5.71. The van der Waals surface area contributed by atoms with Crippen LogP contribution >= 0.6 is 0 Å². The third-order valence-electron chi connectivity index (χ3n) is 0.827. The van der Waals surface area contributed by atoms with E-state index in [1.54, 1.807) is 0 Å². The number of hydrogen-bond acceptors (Lipinski definition) is 2. The molecule has 3 heteroatoms. The van der Waals surface area contributed by atoms with E-state index in [-0.39, 0.29) is 0 Å². The minimum atomic E-state index is 0.750. The van der Waals surface area contributed by atoms with Crippen LogP contribution < -0.4 is 0 Å². The van der Waals surface area contributed by atoms with E-state index in [2.05, 4.69) is 0 Å². The van der Waals surface area contributed by atoms with Crippen molar-refractivity contribution in [3.05, 3.63) is 0 Å². The second-order valence-corrected chi connectivity index (χ2v) is 1.32. The van der Waals surface area contributed by atoms with Crippen LogP contribution in [0.3, 0.4) is 0 Å². The topological polar surface area (TPSA) is 26.3 Å². The summed E-state index contributed by atoms with van der Waals surface area (Å²) in [4.78, 5) is 0.